The van der Waals surface area contributed by atoms with Gasteiger partial charge in [0.15, 0.2) is 5.17 Å². The highest BCUT2D eigenvalue weighted by Gasteiger charge is 2.21. The molecule has 0 radical (unpaired) electrons. The number of amides is 1. The molecule has 1 aromatic rings. The SMILES string of the molecule is CN(CCC#N)c1ccc(/C=C2\SC(=N)NC2=O)cc1. The highest BCUT2D eigenvalue weighted by Crippen LogP contribution is 2.25. The number of nitriles is 1. The van der Waals surface area contributed by atoms with E-state index < -0.39 is 0 Å². The largest absolute Gasteiger partial charge is 0.374 e. The number of hydrogen-bond donors (Lipinski definition) is 2. The van der Waals surface area contributed by atoms with Gasteiger partial charge in [-0.05, 0) is 35.5 Å². The number of thioether (sulfide) groups is 1. The maximum absolute atomic E-state index is 11.5. The van der Waals surface area contributed by atoms with Gasteiger partial charge >= 0.3 is 0 Å². The number of benzene rings is 1. The maximum atomic E-state index is 11.5. The van der Waals surface area contributed by atoms with Gasteiger partial charge in [-0.1, -0.05) is 12.1 Å². The van der Waals surface area contributed by atoms with Crippen LogP contribution in [0.5, 0.6) is 0 Å². The third-order valence-electron chi connectivity index (χ3n) is 2.85. The van der Waals surface area contributed by atoms with Gasteiger partial charge in [0.25, 0.3) is 5.91 Å². The molecule has 2 rings (SSSR count). The zero-order valence-electron chi connectivity index (χ0n) is 11.0. The summed E-state index contributed by atoms with van der Waals surface area (Å²) in [6.45, 7) is 0.687. The van der Waals surface area contributed by atoms with Crippen LogP contribution in [0.15, 0.2) is 29.2 Å². The van der Waals surface area contributed by atoms with Crippen molar-refractivity contribution in [2.24, 2.45) is 0 Å². The lowest BCUT2D eigenvalue weighted by atomic mass is 10.2. The minimum atomic E-state index is -0.227. The minimum absolute atomic E-state index is 0.161. The van der Waals surface area contributed by atoms with Crippen molar-refractivity contribution < 1.29 is 4.79 Å². The number of rotatable bonds is 4. The second-order valence-corrected chi connectivity index (χ2v) is 5.37. The number of carbonyl (C=O) groups is 1. The standard InChI is InChI=1S/C14H14N4OS/c1-18(8-2-7-15)11-5-3-10(4-6-11)9-12-13(19)17-14(16)20-12/h3-6,9H,2,8H2,1H3,(H2,16,17,19)/b12-9-. The van der Waals surface area contributed by atoms with Gasteiger partial charge in [-0.15, -0.1) is 0 Å². The zero-order valence-corrected chi connectivity index (χ0v) is 11.8. The van der Waals surface area contributed by atoms with E-state index in [0.717, 1.165) is 23.0 Å². The third-order valence-corrected chi connectivity index (χ3v) is 3.68. The van der Waals surface area contributed by atoms with Gasteiger partial charge in [-0.3, -0.25) is 10.2 Å². The van der Waals surface area contributed by atoms with Crippen LogP contribution in [0.1, 0.15) is 12.0 Å². The second-order valence-electron chi connectivity index (χ2n) is 4.32. The van der Waals surface area contributed by atoms with E-state index in [1.54, 1.807) is 6.08 Å². The van der Waals surface area contributed by atoms with E-state index in [2.05, 4.69) is 11.4 Å². The quantitative estimate of drug-likeness (QED) is 0.831. The van der Waals surface area contributed by atoms with Crippen molar-refractivity contribution >= 4 is 34.6 Å². The van der Waals surface area contributed by atoms with Crippen LogP contribution in [-0.4, -0.2) is 24.7 Å². The van der Waals surface area contributed by atoms with Crippen LogP contribution >= 0.6 is 11.8 Å². The molecule has 0 bridgehead atoms. The van der Waals surface area contributed by atoms with Gasteiger partial charge < -0.3 is 10.2 Å². The summed E-state index contributed by atoms with van der Waals surface area (Å²) in [4.78, 5) is 14.0. The first-order chi connectivity index (χ1) is 9.60. The van der Waals surface area contributed by atoms with Gasteiger partial charge in [-0.25, -0.2) is 0 Å². The summed E-state index contributed by atoms with van der Waals surface area (Å²) in [7, 11) is 1.94. The lowest BCUT2D eigenvalue weighted by Crippen LogP contribution is -2.18. The number of amidine groups is 1. The van der Waals surface area contributed by atoms with Gasteiger partial charge in [0.05, 0.1) is 17.4 Å². The summed E-state index contributed by atoms with van der Waals surface area (Å²) in [5.74, 6) is -0.227. The van der Waals surface area contributed by atoms with Crippen LogP contribution < -0.4 is 10.2 Å². The van der Waals surface area contributed by atoms with E-state index in [-0.39, 0.29) is 11.1 Å². The molecule has 5 nitrogen and oxygen atoms in total. The van der Waals surface area contributed by atoms with E-state index in [0.29, 0.717) is 17.9 Å². The molecular weight excluding hydrogens is 272 g/mol. The van der Waals surface area contributed by atoms with Gasteiger partial charge in [-0.2, -0.15) is 5.26 Å². The Hall–Kier alpha value is -2.26. The Balaban J connectivity index is 2.09. The molecule has 0 spiro atoms. The molecule has 6 heteroatoms. The van der Waals surface area contributed by atoms with Crippen LogP contribution in [0.3, 0.4) is 0 Å². The van der Waals surface area contributed by atoms with Crippen molar-refractivity contribution in [3.05, 3.63) is 34.7 Å². The molecule has 0 unspecified atom stereocenters. The van der Waals surface area contributed by atoms with Gasteiger partial charge in [0.2, 0.25) is 0 Å². The van der Waals surface area contributed by atoms with Crippen molar-refractivity contribution in [1.82, 2.24) is 5.32 Å². The maximum Gasteiger partial charge on any atom is 0.264 e. The molecule has 0 aliphatic carbocycles. The first kappa shape index (κ1) is 14.2. The molecular formula is C14H14N4OS. The summed E-state index contributed by atoms with van der Waals surface area (Å²) >= 11 is 1.13. The van der Waals surface area contributed by atoms with Crippen molar-refractivity contribution in [3.8, 4) is 6.07 Å². The Morgan fingerprint density at radius 1 is 1.45 bits per heavy atom. The topological polar surface area (TPSA) is 80.0 Å². The molecule has 1 aliphatic rings. The molecule has 0 atom stereocenters. The molecule has 0 saturated carbocycles. The predicted octanol–water partition coefficient (Wildman–Crippen LogP) is 2.18. The van der Waals surface area contributed by atoms with E-state index >= 15 is 0 Å². The number of carbonyl (C=O) groups excluding carboxylic acids is 1. The number of hydrogen-bond acceptors (Lipinski definition) is 5. The van der Waals surface area contributed by atoms with Crippen molar-refractivity contribution in [2.45, 2.75) is 6.42 Å². The Morgan fingerprint density at radius 2 is 2.15 bits per heavy atom. The highest BCUT2D eigenvalue weighted by molar-refractivity contribution is 8.18. The summed E-state index contributed by atoms with van der Waals surface area (Å²) in [5.41, 5.74) is 1.94. The summed E-state index contributed by atoms with van der Waals surface area (Å²) in [6, 6.07) is 9.86. The number of nitrogens with zero attached hydrogens (tertiary/aromatic N) is 2. The fourth-order valence-corrected chi connectivity index (χ4v) is 2.47. The third kappa shape index (κ3) is 3.39. The lowest BCUT2D eigenvalue weighted by Gasteiger charge is -2.17. The van der Waals surface area contributed by atoms with E-state index in [1.807, 2.05) is 36.2 Å². The molecule has 1 amide bonds. The second kappa shape index (κ2) is 6.26. The number of nitrogens with one attached hydrogen (secondary N) is 2. The van der Waals surface area contributed by atoms with Gasteiger partial charge in [0, 0.05) is 19.3 Å². The summed E-state index contributed by atoms with van der Waals surface area (Å²) < 4.78 is 0. The summed E-state index contributed by atoms with van der Waals surface area (Å²) in [5, 5.41) is 18.6. The van der Waals surface area contributed by atoms with E-state index in [4.69, 9.17) is 10.7 Å². The first-order valence-corrected chi connectivity index (χ1v) is 6.89. The van der Waals surface area contributed by atoms with Crippen molar-refractivity contribution in [3.63, 3.8) is 0 Å². The number of anilines is 1. The minimum Gasteiger partial charge on any atom is -0.374 e. The molecule has 0 aromatic heterocycles. The van der Waals surface area contributed by atoms with Crippen LogP contribution in [-0.2, 0) is 4.79 Å². The Bertz CT molecular complexity index is 601. The summed E-state index contributed by atoms with van der Waals surface area (Å²) in [6.07, 6.45) is 2.25. The molecule has 1 aliphatic heterocycles. The first-order valence-electron chi connectivity index (χ1n) is 6.08. The highest BCUT2D eigenvalue weighted by atomic mass is 32.2. The molecule has 1 fully saturated rings. The molecule has 1 heterocycles. The Kier molecular flexibility index (Phi) is 4.43. The Morgan fingerprint density at radius 3 is 2.70 bits per heavy atom. The van der Waals surface area contributed by atoms with Crippen molar-refractivity contribution in [2.75, 3.05) is 18.5 Å². The van der Waals surface area contributed by atoms with Crippen LogP contribution in [0, 0.1) is 16.7 Å². The van der Waals surface area contributed by atoms with Crippen LogP contribution in [0.25, 0.3) is 6.08 Å². The van der Waals surface area contributed by atoms with E-state index in [9.17, 15) is 4.79 Å². The molecule has 2 N–H and O–H groups in total. The van der Waals surface area contributed by atoms with E-state index in [1.165, 1.54) is 0 Å². The molecule has 102 valence electrons. The predicted molar refractivity (Wildman–Crippen MR) is 81.4 cm³/mol. The normalized spacial score (nSPS) is 16.1. The van der Waals surface area contributed by atoms with Crippen LogP contribution in [0.4, 0.5) is 5.69 Å². The lowest BCUT2D eigenvalue weighted by molar-refractivity contribution is -0.115. The average molecular weight is 286 g/mol. The average Bonchev–Trinajstić information content (AvgIpc) is 2.75. The molecule has 1 saturated heterocycles. The fraction of sp³-hybridized carbons (Fsp3) is 0.214. The fourth-order valence-electron chi connectivity index (χ4n) is 1.76. The van der Waals surface area contributed by atoms with Crippen molar-refractivity contribution in [1.29, 1.82) is 10.7 Å². The molecule has 1 aromatic carbocycles. The smallest absolute Gasteiger partial charge is 0.264 e. The molecule has 20 heavy (non-hydrogen) atoms. The Labute approximate surface area is 121 Å². The van der Waals surface area contributed by atoms with Gasteiger partial charge in [0.1, 0.15) is 0 Å². The van der Waals surface area contributed by atoms with Crippen LogP contribution in [0.2, 0.25) is 0 Å². The monoisotopic (exact) mass is 286 g/mol. The zero-order chi connectivity index (χ0) is 14.5.